The molecule has 2 aromatic carbocycles. The lowest BCUT2D eigenvalue weighted by molar-refractivity contribution is -0.274. The van der Waals surface area contributed by atoms with Crippen LogP contribution in [0.15, 0.2) is 60.8 Å². The number of ether oxygens (including phenoxy) is 2. The van der Waals surface area contributed by atoms with E-state index in [9.17, 15) is 18.0 Å². The van der Waals surface area contributed by atoms with E-state index in [0.29, 0.717) is 18.0 Å². The normalized spacial score (nSPS) is 12.7. The molecule has 31 heavy (non-hydrogen) atoms. The standard InChI is InChI=1S/C21H17F3N4O3/c22-21(23,24)31-15-8-6-14(7-9-15)27-20(29)28-17-4-2-10-26-19(17)30-18-5-1-3-13-11-25-12-16(13)18/h1-10,25H,11-12H2,(H2,27,28,29). The van der Waals surface area contributed by atoms with Gasteiger partial charge in [-0.2, -0.15) is 0 Å². The Balaban J connectivity index is 1.43. The van der Waals surface area contributed by atoms with E-state index in [1.165, 1.54) is 12.1 Å². The van der Waals surface area contributed by atoms with Crippen LogP contribution in [0.25, 0.3) is 0 Å². The molecule has 1 aromatic heterocycles. The summed E-state index contributed by atoms with van der Waals surface area (Å²) in [6, 6.07) is 13.2. The van der Waals surface area contributed by atoms with Crippen molar-refractivity contribution < 1.29 is 27.4 Å². The van der Waals surface area contributed by atoms with E-state index in [-0.39, 0.29) is 17.3 Å². The number of alkyl halides is 3. The molecule has 10 heteroatoms. The zero-order chi connectivity index (χ0) is 21.8. The Morgan fingerprint density at radius 2 is 1.81 bits per heavy atom. The van der Waals surface area contributed by atoms with Crippen molar-refractivity contribution in [1.82, 2.24) is 10.3 Å². The van der Waals surface area contributed by atoms with Crippen molar-refractivity contribution in [2.75, 3.05) is 10.6 Å². The first kappa shape index (κ1) is 20.5. The van der Waals surface area contributed by atoms with Gasteiger partial charge in [-0.3, -0.25) is 0 Å². The van der Waals surface area contributed by atoms with Crippen LogP contribution in [0, 0.1) is 0 Å². The van der Waals surface area contributed by atoms with Crippen LogP contribution in [0.3, 0.4) is 0 Å². The smallest absolute Gasteiger partial charge is 0.437 e. The molecule has 2 heterocycles. The molecule has 0 saturated carbocycles. The number of carbonyl (C=O) groups excluding carboxylic acids is 1. The topological polar surface area (TPSA) is 84.5 Å². The number of urea groups is 1. The van der Waals surface area contributed by atoms with Crippen molar-refractivity contribution >= 4 is 17.4 Å². The third-order valence-corrected chi connectivity index (χ3v) is 4.42. The Bertz CT molecular complexity index is 1090. The number of anilines is 2. The van der Waals surface area contributed by atoms with Gasteiger partial charge in [-0.15, -0.1) is 13.2 Å². The fraction of sp³-hybridized carbons (Fsp3) is 0.143. The molecule has 7 nitrogen and oxygen atoms in total. The van der Waals surface area contributed by atoms with Crippen LogP contribution in [-0.4, -0.2) is 17.4 Å². The van der Waals surface area contributed by atoms with Gasteiger partial charge in [-0.25, -0.2) is 9.78 Å². The number of pyridine rings is 1. The summed E-state index contributed by atoms with van der Waals surface area (Å²) < 4.78 is 46.5. The van der Waals surface area contributed by atoms with Gasteiger partial charge < -0.3 is 25.4 Å². The minimum Gasteiger partial charge on any atom is -0.437 e. The molecule has 2 amide bonds. The molecule has 1 aliphatic heterocycles. The Labute approximate surface area is 175 Å². The number of nitrogens with zero attached hydrogens (tertiary/aromatic N) is 1. The number of hydrogen-bond donors (Lipinski definition) is 3. The molecule has 0 spiro atoms. The van der Waals surface area contributed by atoms with Gasteiger partial charge >= 0.3 is 12.4 Å². The number of aromatic nitrogens is 1. The molecule has 0 aliphatic carbocycles. The highest BCUT2D eigenvalue weighted by Crippen LogP contribution is 2.33. The molecule has 3 N–H and O–H groups in total. The summed E-state index contributed by atoms with van der Waals surface area (Å²) in [5.74, 6) is 0.475. The monoisotopic (exact) mass is 430 g/mol. The number of halogens is 3. The highest BCUT2D eigenvalue weighted by Gasteiger charge is 2.31. The maximum Gasteiger partial charge on any atom is 0.573 e. The Morgan fingerprint density at radius 1 is 1.00 bits per heavy atom. The third-order valence-electron chi connectivity index (χ3n) is 4.42. The van der Waals surface area contributed by atoms with Crippen molar-refractivity contribution in [1.29, 1.82) is 0 Å². The van der Waals surface area contributed by atoms with E-state index < -0.39 is 12.4 Å². The largest absolute Gasteiger partial charge is 0.573 e. The highest BCUT2D eigenvalue weighted by molar-refractivity contribution is 6.00. The van der Waals surface area contributed by atoms with Gasteiger partial charge in [0.15, 0.2) is 0 Å². The van der Waals surface area contributed by atoms with Gasteiger partial charge in [0.1, 0.15) is 17.2 Å². The average Bonchev–Trinajstić information content (AvgIpc) is 3.20. The van der Waals surface area contributed by atoms with Gasteiger partial charge in [0.05, 0.1) is 0 Å². The first-order valence-corrected chi connectivity index (χ1v) is 9.25. The average molecular weight is 430 g/mol. The third kappa shape index (κ3) is 5.23. The second-order valence-corrected chi connectivity index (χ2v) is 6.61. The van der Waals surface area contributed by atoms with E-state index in [1.807, 2.05) is 18.2 Å². The van der Waals surface area contributed by atoms with Gasteiger partial charge in [-0.05, 0) is 48.0 Å². The zero-order valence-corrected chi connectivity index (χ0v) is 16.0. The molecule has 0 saturated heterocycles. The van der Waals surface area contributed by atoms with Crippen molar-refractivity contribution in [3.63, 3.8) is 0 Å². The molecule has 0 fully saturated rings. The van der Waals surface area contributed by atoms with Gasteiger partial charge in [0.25, 0.3) is 0 Å². The van der Waals surface area contributed by atoms with E-state index in [0.717, 1.165) is 29.8 Å². The number of rotatable bonds is 5. The van der Waals surface area contributed by atoms with Crippen LogP contribution in [-0.2, 0) is 13.1 Å². The van der Waals surface area contributed by atoms with E-state index in [4.69, 9.17) is 4.74 Å². The molecule has 3 aromatic rings. The summed E-state index contributed by atoms with van der Waals surface area (Å²) in [4.78, 5) is 16.6. The van der Waals surface area contributed by atoms with Crippen LogP contribution < -0.4 is 25.4 Å². The maximum absolute atomic E-state index is 12.4. The summed E-state index contributed by atoms with van der Waals surface area (Å²) in [5.41, 5.74) is 2.79. The zero-order valence-electron chi connectivity index (χ0n) is 16.0. The number of hydrogen-bond acceptors (Lipinski definition) is 5. The Hall–Kier alpha value is -3.79. The lowest BCUT2D eigenvalue weighted by Crippen LogP contribution is -2.20. The van der Waals surface area contributed by atoms with Crippen LogP contribution >= 0.6 is 0 Å². The number of nitrogens with one attached hydrogen (secondary N) is 3. The first-order chi connectivity index (χ1) is 14.9. The Morgan fingerprint density at radius 3 is 2.58 bits per heavy atom. The summed E-state index contributed by atoms with van der Waals surface area (Å²) in [5, 5.41) is 8.42. The molecule has 0 atom stereocenters. The van der Waals surface area contributed by atoms with Gasteiger partial charge in [-0.1, -0.05) is 12.1 Å². The van der Waals surface area contributed by atoms with Crippen LogP contribution in [0.5, 0.6) is 17.4 Å². The minimum absolute atomic E-state index is 0.215. The predicted molar refractivity (Wildman–Crippen MR) is 107 cm³/mol. The van der Waals surface area contributed by atoms with Crippen LogP contribution in [0.1, 0.15) is 11.1 Å². The number of benzene rings is 2. The van der Waals surface area contributed by atoms with E-state index in [2.05, 4.69) is 25.7 Å². The second-order valence-electron chi connectivity index (χ2n) is 6.61. The fourth-order valence-electron chi connectivity index (χ4n) is 3.09. The van der Waals surface area contributed by atoms with Crippen molar-refractivity contribution in [3.8, 4) is 17.4 Å². The maximum atomic E-state index is 12.4. The molecular weight excluding hydrogens is 413 g/mol. The van der Waals surface area contributed by atoms with E-state index >= 15 is 0 Å². The lowest BCUT2D eigenvalue weighted by Gasteiger charge is -2.14. The summed E-state index contributed by atoms with van der Waals surface area (Å²) in [6.07, 6.45) is -3.24. The lowest BCUT2D eigenvalue weighted by atomic mass is 10.1. The number of amides is 2. The van der Waals surface area contributed by atoms with Gasteiger partial charge in [0, 0.05) is 30.5 Å². The second kappa shape index (κ2) is 8.52. The van der Waals surface area contributed by atoms with Crippen molar-refractivity contribution in [2.24, 2.45) is 0 Å². The first-order valence-electron chi connectivity index (χ1n) is 9.25. The summed E-state index contributed by atoms with van der Waals surface area (Å²) in [6.45, 7) is 1.44. The van der Waals surface area contributed by atoms with Crippen LogP contribution in [0.2, 0.25) is 0 Å². The van der Waals surface area contributed by atoms with Gasteiger partial charge in [0.2, 0.25) is 5.88 Å². The number of fused-ring (bicyclic) bond motifs is 1. The molecule has 4 rings (SSSR count). The minimum atomic E-state index is -4.78. The summed E-state index contributed by atoms with van der Waals surface area (Å²) >= 11 is 0. The molecule has 0 unspecified atom stereocenters. The van der Waals surface area contributed by atoms with Crippen molar-refractivity contribution in [3.05, 3.63) is 71.9 Å². The molecule has 0 bridgehead atoms. The molecular formula is C21H17F3N4O3. The fourth-order valence-corrected chi connectivity index (χ4v) is 3.09. The molecule has 160 valence electrons. The Kier molecular flexibility index (Phi) is 5.63. The van der Waals surface area contributed by atoms with E-state index in [1.54, 1.807) is 18.3 Å². The summed E-state index contributed by atoms with van der Waals surface area (Å²) in [7, 11) is 0. The quantitative estimate of drug-likeness (QED) is 0.529. The molecule has 1 aliphatic rings. The predicted octanol–water partition coefficient (Wildman–Crippen LogP) is 5.02. The highest BCUT2D eigenvalue weighted by atomic mass is 19.4. The van der Waals surface area contributed by atoms with Crippen molar-refractivity contribution in [2.45, 2.75) is 19.5 Å². The van der Waals surface area contributed by atoms with Crippen LogP contribution in [0.4, 0.5) is 29.3 Å². The number of carbonyl (C=O) groups is 1. The molecule has 0 radical (unpaired) electrons. The SMILES string of the molecule is O=C(Nc1ccc(OC(F)(F)F)cc1)Nc1cccnc1Oc1cccc2c1CNC2.